The highest BCUT2D eigenvalue weighted by Crippen LogP contribution is 2.24. The van der Waals surface area contributed by atoms with Crippen molar-refractivity contribution in [1.82, 2.24) is 0 Å². The van der Waals surface area contributed by atoms with Crippen LogP contribution in [-0.4, -0.2) is 96.0 Å². The van der Waals surface area contributed by atoms with Gasteiger partial charge in [-0.25, -0.2) is 0 Å². The summed E-state index contributed by atoms with van der Waals surface area (Å²) in [6.45, 7) is 3.53. The molecule has 1 fully saturated rings. The summed E-state index contributed by atoms with van der Waals surface area (Å²) in [5.41, 5.74) is 0. The number of unbranched alkanes of at least 4 members (excludes halogenated alkanes) is 7. The van der Waals surface area contributed by atoms with Gasteiger partial charge in [0.05, 0.1) is 6.61 Å². The summed E-state index contributed by atoms with van der Waals surface area (Å²) in [4.78, 5) is 25.4. The summed E-state index contributed by atoms with van der Waals surface area (Å²) in [6.07, 6.45) is 45.6. The van der Waals surface area contributed by atoms with E-state index >= 15 is 0 Å². The molecule has 12 nitrogen and oxygen atoms in total. The zero-order valence-corrected chi connectivity index (χ0v) is 39.4. The Hall–Kier alpha value is -3.69. The van der Waals surface area contributed by atoms with Crippen LogP contribution in [-0.2, 0) is 38.7 Å². The van der Waals surface area contributed by atoms with Gasteiger partial charge in [0.2, 0.25) is 0 Å². The Bertz CT molecular complexity index is 1590. The largest absolute Gasteiger partial charge is 0.462 e. The van der Waals surface area contributed by atoms with E-state index in [1.807, 2.05) is 12.2 Å². The topological polar surface area (TPSA) is 186 Å². The molecule has 0 aliphatic carbocycles. The number of esters is 2. The minimum Gasteiger partial charge on any atom is -0.462 e. The maximum absolute atomic E-state index is 12.8. The quantitative estimate of drug-likeness (QED) is 0.0200. The number of hydrogen-bond acceptors (Lipinski definition) is 11. The lowest BCUT2D eigenvalue weighted by molar-refractivity contribution is -0.297. The standard InChI is InChI=1S/C51H80O12S/c1-3-5-7-9-11-13-15-17-19-21-22-24-25-27-29-31-33-35-37-39-46(52)60-41-44(42-61-51-50(56)49(55)48(54)45(63-51)43-64(57,58)59)62-47(53)40-38-36-34-32-30-28-26-23-20-18-16-14-12-10-8-6-4-2/h6,8,11-14,17-20,22,24,26-29,32,34,44-45,48-51,54-56H,3-5,7,9-10,15-16,21,23,25,30-31,33,35-43H2,1-2H3,(H,57,58,59)/b8-6+,13-11+,14-12+,19-17+,20-18+,24-22+,28-26+,29-27+,34-32+/t44-,45-,48-,49?,50?,51+/m1/s1. The van der Waals surface area contributed by atoms with Gasteiger partial charge in [-0.2, -0.15) is 8.42 Å². The molecule has 1 heterocycles. The monoisotopic (exact) mass is 917 g/mol. The number of carbonyl (C=O) groups excluding carboxylic acids is 2. The highest BCUT2D eigenvalue weighted by atomic mass is 32.2. The van der Waals surface area contributed by atoms with Crippen LogP contribution in [0.5, 0.6) is 0 Å². The van der Waals surface area contributed by atoms with E-state index in [-0.39, 0.29) is 19.4 Å². The van der Waals surface area contributed by atoms with Crippen LogP contribution in [0.25, 0.3) is 0 Å². The van der Waals surface area contributed by atoms with Crippen LogP contribution in [0.1, 0.15) is 142 Å². The van der Waals surface area contributed by atoms with Crippen LogP contribution < -0.4 is 0 Å². The molecule has 1 saturated heterocycles. The fourth-order valence-corrected chi connectivity index (χ4v) is 6.91. The molecular formula is C51H80O12S. The minimum atomic E-state index is -4.62. The lowest BCUT2D eigenvalue weighted by Gasteiger charge is -2.40. The van der Waals surface area contributed by atoms with Gasteiger partial charge in [-0.15, -0.1) is 0 Å². The van der Waals surface area contributed by atoms with Crippen LogP contribution >= 0.6 is 0 Å². The van der Waals surface area contributed by atoms with Crippen LogP contribution in [0.3, 0.4) is 0 Å². The predicted molar refractivity (Wildman–Crippen MR) is 256 cm³/mol. The number of aliphatic hydroxyl groups is 3. The van der Waals surface area contributed by atoms with Gasteiger partial charge in [0.25, 0.3) is 10.1 Å². The molecule has 0 saturated carbocycles. The second-order valence-electron chi connectivity index (χ2n) is 15.7. The lowest BCUT2D eigenvalue weighted by atomic mass is 10.00. The summed E-state index contributed by atoms with van der Waals surface area (Å²) in [6, 6.07) is 0. The Kier molecular flexibility index (Phi) is 36.1. The van der Waals surface area contributed by atoms with Crippen LogP contribution in [0.2, 0.25) is 0 Å². The molecule has 1 aliphatic rings. The van der Waals surface area contributed by atoms with Gasteiger partial charge in [0.1, 0.15) is 36.8 Å². The molecule has 0 amide bonds. The Labute approximate surface area is 385 Å². The summed E-state index contributed by atoms with van der Waals surface area (Å²) >= 11 is 0. The van der Waals surface area contributed by atoms with E-state index < -0.39 is 71.2 Å². The third-order valence-electron chi connectivity index (χ3n) is 9.84. The average molecular weight is 917 g/mol. The zero-order chi connectivity index (χ0) is 46.9. The first-order valence-electron chi connectivity index (χ1n) is 23.4. The highest BCUT2D eigenvalue weighted by molar-refractivity contribution is 7.85. The first-order chi connectivity index (χ1) is 31.0. The van der Waals surface area contributed by atoms with Gasteiger partial charge in [-0.1, -0.05) is 142 Å². The van der Waals surface area contributed by atoms with Gasteiger partial charge < -0.3 is 34.3 Å². The zero-order valence-electron chi connectivity index (χ0n) is 38.6. The Balaban J connectivity index is 2.51. The van der Waals surface area contributed by atoms with Crippen molar-refractivity contribution in [3.8, 4) is 0 Å². The van der Waals surface area contributed by atoms with Crippen LogP contribution in [0.15, 0.2) is 109 Å². The summed E-state index contributed by atoms with van der Waals surface area (Å²) < 4.78 is 54.0. The SMILES string of the molecule is CC/C=C/C/C=C/C/C=C/C/C=C/C/C=C/CCCC(=O)O[C@H](COC(=O)CCCCC/C=C/C/C=C/C/C=C/C/C=C/CCCCC)CO[C@H]1O[C@H](CS(=O)(=O)O)[C@@H](O)C(O)C1O. The van der Waals surface area contributed by atoms with Crippen molar-refractivity contribution in [2.75, 3.05) is 19.0 Å². The second-order valence-corrected chi connectivity index (χ2v) is 17.2. The van der Waals surface area contributed by atoms with E-state index in [9.17, 15) is 37.9 Å². The van der Waals surface area contributed by atoms with E-state index in [0.717, 1.165) is 77.0 Å². The van der Waals surface area contributed by atoms with Crippen molar-refractivity contribution < 1.29 is 56.8 Å². The van der Waals surface area contributed by atoms with E-state index in [1.54, 1.807) is 0 Å². The fraction of sp³-hybridized carbons (Fsp3) is 0.608. The third kappa shape index (κ3) is 33.8. The van der Waals surface area contributed by atoms with Gasteiger partial charge in [-0.3, -0.25) is 14.1 Å². The van der Waals surface area contributed by atoms with Crippen molar-refractivity contribution in [3.63, 3.8) is 0 Å². The Morgan fingerprint density at radius 2 is 1.00 bits per heavy atom. The molecule has 0 bridgehead atoms. The average Bonchev–Trinajstić information content (AvgIpc) is 3.26. The number of carbonyl (C=O) groups is 2. The van der Waals surface area contributed by atoms with E-state index in [1.165, 1.54) is 19.3 Å². The van der Waals surface area contributed by atoms with Crippen molar-refractivity contribution in [3.05, 3.63) is 109 Å². The summed E-state index contributed by atoms with van der Waals surface area (Å²) in [7, 11) is -4.62. The van der Waals surface area contributed by atoms with Crippen molar-refractivity contribution >= 4 is 22.1 Å². The van der Waals surface area contributed by atoms with Gasteiger partial charge >= 0.3 is 11.9 Å². The molecule has 0 radical (unpaired) electrons. The number of allylic oxidation sites excluding steroid dienone is 18. The first kappa shape index (κ1) is 58.3. The van der Waals surface area contributed by atoms with Gasteiger partial charge in [-0.05, 0) is 96.3 Å². The molecular weight excluding hydrogens is 837 g/mol. The van der Waals surface area contributed by atoms with Crippen molar-refractivity contribution in [2.45, 2.75) is 179 Å². The normalized spacial score (nSPS) is 20.6. The molecule has 0 aromatic rings. The van der Waals surface area contributed by atoms with E-state index in [4.69, 9.17) is 18.9 Å². The molecule has 6 atom stereocenters. The molecule has 0 aromatic carbocycles. The number of rotatable bonds is 37. The summed E-state index contributed by atoms with van der Waals surface area (Å²) in [5, 5.41) is 30.9. The van der Waals surface area contributed by atoms with Crippen LogP contribution in [0, 0.1) is 0 Å². The van der Waals surface area contributed by atoms with Crippen molar-refractivity contribution in [1.29, 1.82) is 0 Å². The minimum absolute atomic E-state index is 0.0715. The molecule has 0 aromatic heterocycles. The maximum atomic E-state index is 12.8. The molecule has 1 aliphatic heterocycles. The second kappa shape index (κ2) is 39.7. The van der Waals surface area contributed by atoms with Gasteiger partial charge in [0.15, 0.2) is 12.4 Å². The number of hydrogen-bond donors (Lipinski definition) is 4. The highest BCUT2D eigenvalue weighted by Gasteiger charge is 2.46. The summed E-state index contributed by atoms with van der Waals surface area (Å²) in [5.74, 6) is -2.12. The smallest absolute Gasteiger partial charge is 0.306 e. The molecule has 362 valence electrons. The third-order valence-corrected chi connectivity index (χ3v) is 10.6. The van der Waals surface area contributed by atoms with Gasteiger partial charge in [0, 0.05) is 12.8 Å². The first-order valence-corrected chi connectivity index (χ1v) is 25.1. The van der Waals surface area contributed by atoms with E-state index in [0.29, 0.717) is 19.3 Å². The molecule has 13 heteroatoms. The molecule has 64 heavy (non-hydrogen) atoms. The Morgan fingerprint density at radius 1 is 0.547 bits per heavy atom. The fourth-order valence-electron chi connectivity index (χ4n) is 6.22. The van der Waals surface area contributed by atoms with E-state index in [2.05, 4.69) is 111 Å². The predicted octanol–water partition coefficient (Wildman–Crippen LogP) is 10.0. The molecule has 0 spiro atoms. The molecule has 4 N–H and O–H groups in total. The van der Waals surface area contributed by atoms with Crippen molar-refractivity contribution in [2.24, 2.45) is 0 Å². The lowest BCUT2D eigenvalue weighted by Crippen LogP contribution is -2.60. The maximum Gasteiger partial charge on any atom is 0.306 e. The molecule has 2 unspecified atom stereocenters. The number of ether oxygens (including phenoxy) is 4. The Morgan fingerprint density at radius 3 is 1.48 bits per heavy atom. The van der Waals surface area contributed by atoms with Crippen LogP contribution in [0.4, 0.5) is 0 Å². The molecule has 1 rings (SSSR count). The number of aliphatic hydroxyl groups excluding tert-OH is 3.